The molecule has 1 heterocycles. The Labute approximate surface area is 275 Å². The van der Waals surface area contributed by atoms with Crippen LogP contribution in [0.3, 0.4) is 0 Å². The van der Waals surface area contributed by atoms with Crippen molar-refractivity contribution in [3.05, 3.63) is 69.9 Å². The highest BCUT2D eigenvalue weighted by Gasteiger charge is 2.29. The molecule has 0 aromatic heterocycles. The van der Waals surface area contributed by atoms with Crippen LogP contribution in [-0.4, -0.2) is 77.9 Å². The highest BCUT2D eigenvalue weighted by molar-refractivity contribution is 5.84. The molecular weight excluding hydrogens is 600 g/mol. The van der Waals surface area contributed by atoms with Crippen molar-refractivity contribution in [3.8, 4) is 34.1 Å². The van der Waals surface area contributed by atoms with E-state index in [4.69, 9.17) is 18.9 Å². The maximum Gasteiger partial charge on any atom is 0.222 e. The van der Waals surface area contributed by atoms with Gasteiger partial charge in [0.05, 0.1) is 40.2 Å². The fraction of sp³-hybridized carbons (Fsp3) is 0.417. The average Bonchev–Trinajstić information content (AvgIpc) is 3.33. The first kappa shape index (κ1) is 33.4. The lowest BCUT2D eigenvalue weighted by Crippen LogP contribution is -2.48. The maximum absolute atomic E-state index is 13.5. The van der Waals surface area contributed by atoms with Crippen molar-refractivity contribution in [2.75, 3.05) is 71.4 Å². The molecule has 11 heteroatoms. The molecule has 1 atom stereocenters. The van der Waals surface area contributed by atoms with E-state index in [-0.39, 0.29) is 23.3 Å². The molecule has 0 bridgehead atoms. The fourth-order valence-corrected chi connectivity index (χ4v) is 6.48. The SMILES string of the molecule is COc1ccc(N2CCN(C(=O)CCCNc3ccc4c(cc3=O)[C@H](NC(C)=O)CCc3cc(OC)c(OC)c(OC)c3-4)CC2)cc1. The van der Waals surface area contributed by atoms with Gasteiger partial charge in [0, 0.05) is 57.3 Å². The molecule has 1 fully saturated rings. The van der Waals surface area contributed by atoms with Gasteiger partial charge >= 0.3 is 0 Å². The Morgan fingerprint density at radius 3 is 2.23 bits per heavy atom. The van der Waals surface area contributed by atoms with E-state index in [1.165, 1.54) is 6.92 Å². The number of hydrogen-bond acceptors (Lipinski definition) is 9. The zero-order valence-corrected chi connectivity index (χ0v) is 27.8. The van der Waals surface area contributed by atoms with Gasteiger partial charge in [0.1, 0.15) is 5.75 Å². The molecule has 0 radical (unpaired) electrons. The lowest BCUT2D eigenvalue weighted by Gasteiger charge is -2.36. The van der Waals surface area contributed by atoms with E-state index in [1.807, 2.05) is 41.3 Å². The van der Waals surface area contributed by atoms with Gasteiger partial charge in [-0.25, -0.2) is 0 Å². The third-order valence-electron chi connectivity index (χ3n) is 8.87. The number of aryl methyl sites for hydroxylation is 1. The molecule has 1 saturated heterocycles. The zero-order valence-electron chi connectivity index (χ0n) is 27.8. The van der Waals surface area contributed by atoms with Crippen LogP contribution in [0.1, 0.15) is 43.4 Å². The van der Waals surface area contributed by atoms with E-state index in [1.54, 1.807) is 40.6 Å². The summed E-state index contributed by atoms with van der Waals surface area (Å²) in [4.78, 5) is 42.9. The Balaban J connectivity index is 1.29. The third-order valence-corrected chi connectivity index (χ3v) is 8.87. The number of anilines is 2. The smallest absolute Gasteiger partial charge is 0.222 e. The molecular formula is C36H44N4O7. The summed E-state index contributed by atoms with van der Waals surface area (Å²) in [7, 11) is 6.36. The van der Waals surface area contributed by atoms with Crippen LogP contribution in [0.5, 0.6) is 23.0 Å². The largest absolute Gasteiger partial charge is 0.497 e. The molecule has 0 spiro atoms. The maximum atomic E-state index is 13.5. The molecule has 3 aromatic carbocycles. The number of rotatable bonds is 11. The molecule has 2 aliphatic rings. The van der Waals surface area contributed by atoms with Gasteiger partial charge in [-0.3, -0.25) is 14.4 Å². The van der Waals surface area contributed by atoms with Crippen LogP contribution in [0.25, 0.3) is 11.1 Å². The fourth-order valence-electron chi connectivity index (χ4n) is 6.48. The number of amides is 2. The van der Waals surface area contributed by atoms with Crippen LogP contribution >= 0.6 is 0 Å². The Kier molecular flexibility index (Phi) is 10.7. The van der Waals surface area contributed by atoms with E-state index < -0.39 is 0 Å². The summed E-state index contributed by atoms with van der Waals surface area (Å²) in [6, 6.07) is 14.8. The van der Waals surface area contributed by atoms with Crippen molar-refractivity contribution in [1.82, 2.24) is 10.2 Å². The molecule has 3 aromatic rings. The normalized spacial score (nSPS) is 15.5. The summed E-state index contributed by atoms with van der Waals surface area (Å²) < 4.78 is 22.4. The van der Waals surface area contributed by atoms with Crippen LogP contribution in [0, 0.1) is 0 Å². The van der Waals surface area contributed by atoms with Gasteiger partial charge in [0.15, 0.2) is 11.5 Å². The van der Waals surface area contributed by atoms with E-state index in [0.717, 1.165) is 41.2 Å². The number of nitrogens with one attached hydrogen (secondary N) is 2. The average molecular weight is 645 g/mol. The third kappa shape index (κ3) is 7.40. The van der Waals surface area contributed by atoms with Gasteiger partial charge in [0.25, 0.3) is 0 Å². The number of carbonyl (C=O) groups excluding carboxylic acids is 2. The Bertz CT molecular complexity index is 1650. The van der Waals surface area contributed by atoms with Crippen LogP contribution < -0.4 is 39.9 Å². The molecule has 1 aliphatic carbocycles. The van der Waals surface area contributed by atoms with Crippen LogP contribution in [0.4, 0.5) is 11.4 Å². The van der Waals surface area contributed by atoms with Crippen LogP contribution in [0.2, 0.25) is 0 Å². The van der Waals surface area contributed by atoms with E-state index >= 15 is 0 Å². The van der Waals surface area contributed by atoms with Crippen molar-refractivity contribution in [1.29, 1.82) is 0 Å². The Morgan fingerprint density at radius 2 is 1.60 bits per heavy atom. The summed E-state index contributed by atoms with van der Waals surface area (Å²) in [5.74, 6) is 2.25. The highest BCUT2D eigenvalue weighted by atomic mass is 16.5. The minimum absolute atomic E-state index is 0.111. The quantitative estimate of drug-likeness (QED) is 0.293. The molecule has 11 nitrogen and oxygen atoms in total. The summed E-state index contributed by atoms with van der Waals surface area (Å²) in [6.45, 7) is 4.81. The second-order valence-electron chi connectivity index (χ2n) is 11.7. The van der Waals surface area contributed by atoms with E-state index in [9.17, 15) is 14.4 Å². The monoisotopic (exact) mass is 644 g/mol. The molecule has 250 valence electrons. The second-order valence-corrected chi connectivity index (χ2v) is 11.7. The molecule has 47 heavy (non-hydrogen) atoms. The number of fused-ring (bicyclic) bond motifs is 3. The standard InChI is InChI=1S/C36H44N4O7/c1-23(41)38-29-14-8-24-21-32(45-3)35(46-4)36(47-5)34(24)27-13-15-30(31(42)22-28(27)29)37-16-6-7-33(43)40-19-17-39(18-20-40)25-9-11-26(44-2)12-10-25/h9-13,15,21-22,29H,6-8,14,16-20H2,1-5H3,(H,37,42)(H,38,41)/t29-/m1/s1. The molecule has 2 amide bonds. The Morgan fingerprint density at radius 1 is 0.872 bits per heavy atom. The molecule has 2 N–H and O–H groups in total. The number of benzene rings is 2. The van der Waals surface area contributed by atoms with Crippen LogP contribution in [0.15, 0.2) is 53.3 Å². The van der Waals surface area contributed by atoms with Gasteiger partial charge in [0.2, 0.25) is 23.0 Å². The topological polar surface area (TPSA) is 119 Å². The lowest BCUT2D eigenvalue weighted by molar-refractivity contribution is -0.131. The predicted molar refractivity (Wildman–Crippen MR) is 182 cm³/mol. The van der Waals surface area contributed by atoms with Crippen molar-refractivity contribution < 1.29 is 28.5 Å². The zero-order chi connectivity index (χ0) is 33.5. The van der Waals surface area contributed by atoms with E-state index in [2.05, 4.69) is 15.5 Å². The number of methoxy groups -OCH3 is 4. The van der Waals surface area contributed by atoms with E-state index in [0.29, 0.717) is 73.8 Å². The van der Waals surface area contributed by atoms with Crippen molar-refractivity contribution >= 4 is 23.2 Å². The molecule has 0 unspecified atom stereocenters. The number of carbonyl (C=O) groups is 2. The van der Waals surface area contributed by atoms with Gasteiger partial charge < -0.3 is 39.4 Å². The number of hydrogen-bond donors (Lipinski definition) is 2. The number of ether oxygens (including phenoxy) is 4. The Hall–Kier alpha value is -4.93. The summed E-state index contributed by atoms with van der Waals surface area (Å²) >= 11 is 0. The van der Waals surface area contributed by atoms with Gasteiger partial charge in [-0.2, -0.15) is 0 Å². The van der Waals surface area contributed by atoms with Crippen LogP contribution in [-0.2, 0) is 16.0 Å². The number of piperazine rings is 1. The summed E-state index contributed by atoms with van der Waals surface area (Å²) in [5, 5.41) is 6.28. The molecule has 0 saturated carbocycles. The minimum atomic E-state index is -0.382. The van der Waals surface area contributed by atoms with Crippen molar-refractivity contribution in [2.24, 2.45) is 0 Å². The number of nitrogens with zero attached hydrogens (tertiary/aromatic N) is 2. The highest BCUT2D eigenvalue weighted by Crippen LogP contribution is 2.50. The van der Waals surface area contributed by atoms with Gasteiger partial charge in [-0.15, -0.1) is 0 Å². The van der Waals surface area contributed by atoms with Gasteiger partial charge in [-0.05, 0) is 78.4 Å². The minimum Gasteiger partial charge on any atom is -0.497 e. The summed E-state index contributed by atoms with van der Waals surface area (Å²) in [5.41, 5.74) is 4.56. The van der Waals surface area contributed by atoms with Gasteiger partial charge in [-0.1, -0.05) is 6.07 Å². The first-order valence-corrected chi connectivity index (χ1v) is 16.0. The molecule has 1 aliphatic heterocycles. The lowest BCUT2D eigenvalue weighted by atomic mass is 9.95. The first-order valence-electron chi connectivity index (χ1n) is 16.0. The molecule has 5 rings (SSSR count). The summed E-state index contributed by atoms with van der Waals surface area (Å²) in [6.07, 6.45) is 2.17. The van der Waals surface area contributed by atoms with Crippen molar-refractivity contribution in [2.45, 2.75) is 38.6 Å². The predicted octanol–water partition coefficient (Wildman–Crippen LogP) is 4.41. The van der Waals surface area contributed by atoms with Crippen molar-refractivity contribution in [3.63, 3.8) is 0 Å². The second kappa shape index (κ2) is 15.1. The first-order chi connectivity index (χ1) is 22.8.